The summed E-state index contributed by atoms with van der Waals surface area (Å²) >= 11 is 1.16. The second-order valence-corrected chi connectivity index (χ2v) is 11.5. The van der Waals surface area contributed by atoms with Crippen LogP contribution in [0.25, 0.3) is 23.0 Å². The lowest BCUT2D eigenvalue weighted by Crippen LogP contribution is -2.40. The molecule has 0 saturated carbocycles. The third-order valence-electron chi connectivity index (χ3n) is 7.44. The molecule has 238 valence electrons. The maximum Gasteiger partial charge on any atom is 0.338 e. The number of hydrogen-bond donors (Lipinski definition) is 0. The Morgan fingerprint density at radius 1 is 1.04 bits per heavy atom. The first-order valence-electron chi connectivity index (χ1n) is 14.7. The van der Waals surface area contributed by atoms with Gasteiger partial charge in [-0.2, -0.15) is 5.10 Å². The molecule has 0 saturated heterocycles. The molecule has 6 rings (SSSR count). The Morgan fingerprint density at radius 2 is 1.79 bits per heavy atom. The monoisotopic (exact) mass is 652 g/mol. The molecule has 10 nitrogen and oxygen atoms in total. The summed E-state index contributed by atoms with van der Waals surface area (Å²) in [6, 6.07) is 19.4. The second kappa shape index (κ2) is 13.0. The lowest BCUT2D eigenvalue weighted by molar-refractivity contribution is -0.139. The van der Waals surface area contributed by atoms with Gasteiger partial charge in [0.25, 0.3) is 5.56 Å². The van der Waals surface area contributed by atoms with Gasteiger partial charge in [0, 0.05) is 24.2 Å². The highest BCUT2D eigenvalue weighted by atomic mass is 32.1. The molecule has 2 aromatic heterocycles. The minimum atomic E-state index is -0.920. The van der Waals surface area contributed by atoms with Crippen LogP contribution in [0.5, 0.6) is 11.5 Å². The number of thiazole rings is 1. The van der Waals surface area contributed by atoms with E-state index in [1.807, 2.05) is 30.3 Å². The predicted octanol–water partition coefficient (Wildman–Crippen LogP) is 4.72. The highest BCUT2D eigenvalue weighted by Gasteiger charge is 2.34. The number of para-hydroxylation sites is 1. The van der Waals surface area contributed by atoms with Gasteiger partial charge in [-0.1, -0.05) is 35.6 Å². The van der Waals surface area contributed by atoms with Gasteiger partial charge in [0.1, 0.15) is 11.5 Å². The zero-order valence-corrected chi connectivity index (χ0v) is 26.7. The number of nitrogens with zero attached hydrogens (tertiary/aromatic N) is 4. The summed E-state index contributed by atoms with van der Waals surface area (Å²) in [6.45, 7) is 4.79. The molecule has 5 aromatic rings. The molecule has 0 radical (unpaired) electrons. The predicted molar refractivity (Wildman–Crippen MR) is 174 cm³/mol. The SMILES string of the molecule is CCOC(=O)C1=C(C)N=c2s/c(=C\c3cn(-c4ccccc4)nc3-c3ccc(F)cc3)c(=O)n2[C@H]1c1ccc(OC(C)=O)c(OC)c1. The Morgan fingerprint density at radius 3 is 2.47 bits per heavy atom. The van der Waals surface area contributed by atoms with Crippen LogP contribution in [0.15, 0.2) is 100 Å². The minimum Gasteiger partial charge on any atom is -0.493 e. The number of aromatic nitrogens is 3. The lowest BCUT2D eigenvalue weighted by Gasteiger charge is -2.25. The third kappa shape index (κ3) is 6.15. The van der Waals surface area contributed by atoms with Crippen LogP contribution in [0.3, 0.4) is 0 Å². The van der Waals surface area contributed by atoms with Crippen LogP contribution >= 0.6 is 11.3 Å². The summed E-state index contributed by atoms with van der Waals surface area (Å²) in [5, 5.41) is 4.78. The first-order chi connectivity index (χ1) is 22.7. The van der Waals surface area contributed by atoms with E-state index in [9.17, 15) is 18.8 Å². The van der Waals surface area contributed by atoms with Crippen LogP contribution < -0.4 is 24.4 Å². The van der Waals surface area contributed by atoms with E-state index < -0.39 is 23.5 Å². The molecule has 1 aliphatic heterocycles. The number of benzene rings is 3. The number of carbonyl (C=O) groups excluding carboxylic acids is 2. The average Bonchev–Trinajstić information content (AvgIpc) is 3.61. The summed E-state index contributed by atoms with van der Waals surface area (Å²) in [7, 11) is 1.43. The van der Waals surface area contributed by atoms with Gasteiger partial charge in [-0.15, -0.1) is 0 Å². The van der Waals surface area contributed by atoms with E-state index in [-0.39, 0.29) is 29.5 Å². The highest BCUT2D eigenvalue weighted by Crippen LogP contribution is 2.36. The van der Waals surface area contributed by atoms with Crippen molar-refractivity contribution < 1.29 is 28.2 Å². The van der Waals surface area contributed by atoms with Gasteiger partial charge in [0.15, 0.2) is 16.3 Å². The normalized spacial score (nSPS) is 14.4. The number of fused-ring (bicyclic) bond motifs is 1. The Balaban J connectivity index is 1.56. The summed E-state index contributed by atoms with van der Waals surface area (Å²) in [4.78, 5) is 44.3. The van der Waals surface area contributed by atoms with E-state index in [1.165, 1.54) is 30.7 Å². The molecule has 0 spiro atoms. The lowest BCUT2D eigenvalue weighted by atomic mass is 9.95. The van der Waals surface area contributed by atoms with Crippen LogP contribution in [0.2, 0.25) is 0 Å². The van der Waals surface area contributed by atoms with Crippen molar-refractivity contribution in [2.45, 2.75) is 26.8 Å². The van der Waals surface area contributed by atoms with E-state index >= 15 is 0 Å². The molecule has 0 N–H and O–H groups in total. The molecule has 3 aromatic carbocycles. The van der Waals surface area contributed by atoms with Gasteiger partial charge in [-0.05, 0) is 74.0 Å². The number of allylic oxidation sites excluding steroid dienone is 1. The standard InChI is InChI=1S/C35H29FN4O6S/c1-5-45-34(43)30-20(2)37-35-40(32(30)23-13-16-27(46-21(3)41)28(17-23)44-4)33(42)29(47-35)18-24-19-39(26-9-7-6-8-10-26)38-31(24)22-11-14-25(36)15-12-22/h6-19,32H,5H2,1-4H3/b29-18-/t32-/m0/s1. The zero-order valence-electron chi connectivity index (χ0n) is 25.9. The van der Waals surface area contributed by atoms with Crippen molar-refractivity contribution in [1.82, 2.24) is 14.3 Å². The maximum atomic E-state index is 14.3. The largest absolute Gasteiger partial charge is 0.493 e. The summed E-state index contributed by atoms with van der Waals surface area (Å²) < 4.78 is 33.5. The van der Waals surface area contributed by atoms with Crippen molar-refractivity contribution in [1.29, 1.82) is 0 Å². The molecule has 1 aliphatic rings. The smallest absolute Gasteiger partial charge is 0.338 e. The molecule has 1 atom stereocenters. The van der Waals surface area contributed by atoms with Crippen molar-refractivity contribution in [3.8, 4) is 28.4 Å². The van der Waals surface area contributed by atoms with Gasteiger partial charge in [0.2, 0.25) is 0 Å². The number of rotatable bonds is 8. The van der Waals surface area contributed by atoms with Gasteiger partial charge >= 0.3 is 11.9 Å². The van der Waals surface area contributed by atoms with Gasteiger partial charge < -0.3 is 14.2 Å². The van der Waals surface area contributed by atoms with E-state index in [0.717, 1.165) is 17.0 Å². The molecule has 3 heterocycles. The van der Waals surface area contributed by atoms with Crippen LogP contribution in [0, 0.1) is 5.82 Å². The van der Waals surface area contributed by atoms with Crippen LogP contribution in [-0.4, -0.2) is 40.0 Å². The van der Waals surface area contributed by atoms with Crippen molar-refractivity contribution in [2.75, 3.05) is 13.7 Å². The Kier molecular flexibility index (Phi) is 8.68. The molecule has 0 amide bonds. The van der Waals surface area contributed by atoms with Crippen LogP contribution in [0.1, 0.15) is 37.9 Å². The Bertz CT molecular complexity index is 2220. The number of halogens is 1. The Labute approximate surface area is 272 Å². The molecule has 47 heavy (non-hydrogen) atoms. The average molecular weight is 653 g/mol. The quantitative estimate of drug-likeness (QED) is 0.176. The van der Waals surface area contributed by atoms with Crippen molar-refractivity contribution in [3.63, 3.8) is 0 Å². The number of ether oxygens (including phenoxy) is 3. The van der Waals surface area contributed by atoms with Crippen LogP contribution in [0.4, 0.5) is 4.39 Å². The fourth-order valence-corrected chi connectivity index (χ4v) is 6.42. The summed E-state index contributed by atoms with van der Waals surface area (Å²) in [5.41, 5.74) is 3.35. The van der Waals surface area contributed by atoms with Crippen molar-refractivity contribution in [2.24, 2.45) is 4.99 Å². The first kappa shape index (κ1) is 31.4. The first-order valence-corrected chi connectivity index (χ1v) is 15.5. The molecular weight excluding hydrogens is 623 g/mol. The fraction of sp³-hybridized carbons (Fsp3) is 0.171. The molecule has 0 unspecified atom stereocenters. The number of esters is 2. The van der Waals surface area contributed by atoms with Crippen molar-refractivity contribution in [3.05, 3.63) is 127 Å². The topological polar surface area (TPSA) is 114 Å². The van der Waals surface area contributed by atoms with Crippen LogP contribution in [-0.2, 0) is 14.3 Å². The number of hydrogen-bond acceptors (Lipinski definition) is 9. The minimum absolute atomic E-state index is 0.124. The van der Waals surface area contributed by atoms with E-state index in [0.29, 0.717) is 37.4 Å². The molecule has 0 fully saturated rings. The second-order valence-electron chi connectivity index (χ2n) is 10.5. The molecule has 0 aliphatic carbocycles. The van der Waals surface area contributed by atoms with E-state index in [1.54, 1.807) is 61.1 Å². The summed E-state index contributed by atoms with van der Waals surface area (Å²) in [6.07, 6.45) is 3.53. The number of methoxy groups -OCH3 is 1. The van der Waals surface area contributed by atoms with Crippen molar-refractivity contribution >= 4 is 29.4 Å². The Hall–Kier alpha value is -5.62. The van der Waals surface area contributed by atoms with Gasteiger partial charge in [0.05, 0.1) is 41.2 Å². The van der Waals surface area contributed by atoms with E-state index in [4.69, 9.17) is 19.3 Å². The zero-order chi connectivity index (χ0) is 33.2. The summed E-state index contributed by atoms with van der Waals surface area (Å²) in [5.74, 6) is -1.08. The van der Waals surface area contributed by atoms with Gasteiger partial charge in [-0.3, -0.25) is 14.2 Å². The molecule has 0 bridgehead atoms. The van der Waals surface area contributed by atoms with E-state index in [2.05, 4.69) is 4.99 Å². The highest BCUT2D eigenvalue weighted by molar-refractivity contribution is 7.07. The van der Waals surface area contributed by atoms with Gasteiger partial charge in [-0.25, -0.2) is 18.9 Å². The fourth-order valence-electron chi connectivity index (χ4n) is 5.38. The molecular formula is C35H29FN4O6S. The molecule has 12 heteroatoms. The maximum absolute atomic E-state index is 14.3. The number of carbonyl (C=O) groups is 2. The third-order valence-corrected chi connectivity index (χ3v) is 8.42.